The van der Waals surface area contributed by atoms with Gasteiger partial charge < -0.3 is 14.5 Å². The van der Waals surface area contributed by atoms with Crippen LogP contribution in [-0.2, 0) is 13.2 Å². The Hall–Kier alpha value is -3.12. The SMILES string of the molecule is O=C(Nc1ccccc1CN1CCCC1)c1ccc(COc2ccccc2F)o1. The van der Waals surface area contributed by atoms with Gasteiger partial charge >= 0.3 is 0 Å². The normalized spacial score (nSPS) is 14.1. The fourth-order valence-corrected chi connectivity index (χ4v) is 3.43. The number of hydrogen-bond donors (Lipinski definition) is 1. The van der Waals surface area contributed by atoms with Gasteiger partial charge in [0.15, 0.2) is 17.3 Å². The van der Waals surface area contributed by atoms with Crippen molar-refractivity contribution in [2.75, 3.05) is 18.4 Å². The summed E-state index contributed by atoms with van der Waals surface area (Å²) in [6.07, 6.45) is 2.44. The largest absolute Gasteiger partial charge is 0.483 e. The molecule has 1 aliphatic rings. The van der Waals surface area contributed by atoms with Crippen LogP contribution in [0, 0.1) is 5.82 Å². The highest BCUT2D eigenvalue weighted by Gasteiger charge is 2.17. The van der Waals surface area contributed by atoms with Crippen LogP contribution in [0.2, 0.25) is 0 Å². The molecule has 1 N–H and O–H groups in total. The monoisotopic (exact) mass is 394 g/mol. The summed E-state index contributed by atoms with van der Waals surface area (Å²) in [6.45, 7) is 3.04. The van der Waals surface area contributed by atoms with E-state index in [1.807, 2.05) is 24.3 Å². The van der Waals surface area contributed by atoms with Crippen molar-refractivity contribution < 1.29 is 18.3 Å². The van der Waals surface area contributed by atoms with Gasteiger partial charge in [0, 0.05) is 12.2 Å². The summed E-state index contributed by atoms with van der Waals surface area (Å²) in [4.78, 5) is 15.0. The summed E-state index contributed by atoms with van der Waals surface area (Å²) < 4.78 is 24.6. The molecule has 0 aliphatic carbocycles. The summed E-state index contributed by atoms with van der Waals surface area (Å²) in [5.41, 5.74) is 1.86. The minimum absolute atomic E-state index is 0.0414. The van der Waals surface area contributed by atoms with Crippen molar-refractivity contribution in [3.63, 3.8) is 0 Å². The van der Waals surface area contributed by atoms with E-state index in [1.54, 1.807) is 30.3 Å². The Balaban J connectivity index is 1.39. The quantitative estimate of drug-likeness (QED) is 0.623. The zero-order valence-corrected chi connectivity index (χ0v) is 16.1. The van der Waals surface area contributed by atoms with Crippen LogP contribution >= 0.6 is 0 Å². The number of benzene rings is 2. The minimum Gasteiger partial charge on any atom is -0.483 e. The third-order valence-corrected chi connectivity index (χ3v) is 4.95. The van der Waals surface area contributed by atoms with Crippen LogP contribution in [0.4, 0.5) is 10.1 Å². The summed E-state index contributed by atoms with van der Waals surface area (Å²) >= 11 is 0. The van der Waals surface area contributed by atoms with Crippen molar-refractivity contribution in [2.24, 2.45) is 0 Å². The molecule has 6 heteroatoms. The van der Waals surface area contributed by atoms with Crippen LogP contribution in [0.1, 0.15) is 34.7 Å². The highest BCUT2D eigenvalue weighted by molar-refractivity contribution is 6.02. The lowest BCUT2D eigenvalue weighted by atomic mass is 10.1. The predicted molar refractivity (Wildman–Crippen MR) is 108 cm³/mol. The van der Waals surface area contributed by atoms with Gasteiger partial charge in [-0.15, -0.1) is 0 Å². The lowest BCUT2D eigenvalue weighted by molar-refractivity contribution is 0.0992. The third-order valence-electron chi connectivity index (χ3n) is 4.95. The molecule has 0 bridgehead atoms. The molecule has 5 nitrogen and oxygen atoms in total. The van der Waals surface area contributed by atoms with Gasteiger partial charge in [-0.3, -0.25) is 9.69 Å². The Labute approximate surface area is 169 Å². The molecular weight excluding hydrogens is 371 g/mol. The molecular formula is C23H23FN2O3. The van der Waals surface area contributed by atoms with Crippen LogP contribution in [0.3, 0.4) is 0 Å². The first-order valence-electron chi connectivity index (χ1n) is 9.77. The number of halogens is 1. The molecule has 0 unspecified atom stereocenters. The highest BCUT2D eigenvalue weighted by Crippen LogP contribution is 2.22. The Bertz CT molecular complexity index is 980. The summed E-state index contributed by atoms with van der Waals surface area (Å²) in [6, 6.07) is 17.2. The number of nitrogens with one attached hydrogen (secondary N) is 1. The number of ether oxygens (including phenoxy) is 1. The van der Waals surface area contributed by atoms with Crippen molar-refractivity contribution in [1.82, 2.24) is 4.90 Å². The number of furan rings is 1. The van der Waals surface area contributed by atoms with Gasteiger partial charge in [0.05, 0.1) is 0 Å². The molecule has 0 radical (unpaired) electrons. The van der Waals surface area contributed by atoms with E-state index in [1.165, 1.54) is 18.9 Å². The molecule has 0 saturated carbocycles. The first-order chi connectivity index (χ1) is 14.2. The number of amides is 1. The van der Waals surface area contributed by atoms with Crippen LogP contribution in [0.5, 0.6) is 5.75 Å². The van der Waals surface area contributed by atoms with E-state index >= 15 is 0 Å². The van der Waals surface area contributed by atoms with E-state index in [0.29, 0.717) is 5.76 Å². The van der Waals surface area contributed by atoms with Gasteiger partial charge in [0.1, 0.15) is 12.4 Å². The fourth-order valence-electron chi connectivity index (χ4n) is 3.43. The fraction of sp³-hybridized carbons (Fsp3) is 0.261. The maximum Gasteiger partial charge on any atom is 0.291 e. The van der Waals surface area contributed by atoms with E-state index in [9.17, 15) is 9.18 Å². The summed E-state index contributed by atoms with van der Waals surface area (Å²) in [5, 5.41) is 2.94. The average molecular weight is 394 g/mol. The van der Waals surface area contributed by atoms with Crippen LogP contribution in [-0.4, -0.2) is 23.9 Å². The average Bonchev–Trinajstić information content (AvgIpc) is 3.41. The number of hydrogen-bond acceptors (Lipinski definition) is 4. The van der Waals surface area contributed by atoms with Crippen molar-refractivity contribution in [3.05, 3.63) is 83.6 Å². The zero-order chi connectivity index (χ0) is 20.1. The van der Waals surface area contributed by atoms with Gasteiger partial charge in [-0.2, -0.15) is 0 Å². The second-order valence-corrected chi connectivity index (χ2v) is 7.08. The first-order valence-corrected chi connectivity index (χ1v) is 9.77. The van der Waals surface area contributed by atoms with E-state index in [4.69, 9.17) is 9.15 Å². The molecule has 0 atom stereocenters. The lowest BCUT2D eigenvalue weighted by Crippen LogP contribution is -2.20. The van der Waals surface area contributed by atoms with E-state index in [2.05, 4.69) is 10.2 Å². The number of para-hydroxylation sites is 2. The second kappa shape index (κ2) is 8.92. The van der Waals surface area contributed by atoms with Crippen molar-refractivity contribution >= 4 is 11.6 Å². The van der Waals surface area contributed by atoms with Gasteiger partial charge in [-0.1, -0.05) is 30.3 Å². The summed E-state index contributed by atoms with van der Waals surface area (Å²) in [5.74, 6) is 0.0188. The summed E-state index contributed by atoms with van der Waals surface area (Å²) in [7, 11) is 0. The number of nitrogens with zero attached hydrogens (tertiary/aromatic N) is 1. The van der Waals surface area contributed by atoms with Gasteiger partial charge in [0.2, 0.25) is 0 Å². The molecule has 29 heavy (non-hydrogen) atoms. The topological polar surface area (TPSA) is 54.7 Å². The Morgan fingerprint density at radius 3 is 2.62 bits per heavy atom. The lowest BCUT2D eigenvalue weighted by Gasteiger charge is -2.17. The van der Waals surface area contributed by atoms with E-state index < -0.39 is 5.82 Å². The first kappa shape index (κ1) is 19.2. The standard InChI is InChI=1S/C23H23FN2O3/c24-19-8-2-4-10-21(19)28-16-18-11-12-22(29-18)23(27)25-20-9-3-1-7-17(20)15-26-13-5-6-14-26/h1-4,7-12H,5-6,13-16H2,(H,25,27). The number of rotatable bonds is 7. The molecule has 1 aliphatic heterocycles. The zero-order valence-electron chi connectivity index (χ0n) is 16.1. The molecule has 1 saturated heterocycles. The molecule has 1 fully saturated rings. The molecule has 2 aromatic carbocycles. The van der Waals surface area contributed by atoms with Crippen molar-refractivity contribution in [3.8, 4) is 5.75 Å². The maximum absolute atomic E-state index is 13.6. The van der Waals surface area contributed by atoms with Crippen molar-refractivity contribution in [2.45, 2.75) is 26.0 Å². The Morgan fingerprint density at radius 1 is 1.03 bits per heavy atom. The molecule has 4 rings (SSSR count). The van der Waals surface area contributed by atoms with Crippen LogP contribution < -0.4 is 10.1 Å². The molecule has 2 heterocycles. The number of carbonyl (C=O) groups is 1. The molecule has 3 aromatic rings. The van der Waals surface area contributed by atoms with E-state index in [0.717, 1.165) is 30.9 Å². The third kappa shape index (κ3) is 4.84. The molecule has 1 amide bonds. The molecule has 0 spiro atoms. The van der Waals surface area contributed by atoms with E-state index in [-0.39, 0.29) is 24.0 Å². The van der Waals surface area contributed by atoms with Gasteiger partial charge in [0.25, 0.3) is 5.91 Å². The Kier molecular flexibility index (Phi) is 5.91. The highest BCUT2D eigenvalue weighted by atomic mass is 19.1. The molecule has 1 aromatic heterocycles. The minimum atomic E-state index is -0.438. The smallest absolute Gasteiger partial charge is 0.291 e. The maximum atomic E-state index is 13.6. The van der Waals surface area contributed by atoms with Crippen LogP contribution in [0.25, 0.3) is 0 Å². The van der Waals surface area contributed by atoms with Crippen molar-refractivity contribution in [1.29, 1.82) is 0 Å². The van der Waals surface area contributed by atoms with Crippen LogP contribution in [0.15, 0.2) is 65.1 Å². The number of carbonyl (C=O) groups excluding carboxylic acids is 1. The second-order valence-electron chi connectivity index (χ2n) is 7.08. The van der Waals surface area contributed by atoms with Gasteiger partial charge in [-0.25, -0.2) is 4.39 Å². The Morgan fingerprint density at radius 2 is 1.79 bits per heavy atom. The molecule has 150 valence electrons. The predicted octanol–water partition coefficient (Wildman–Crippen LogP) is 4.85. The number of likely N-dealkylation sites (tertiary alicyclic amines) is 1. The van der Waals surface area contributed by atoms with Gasteiger partial charge in [-0.05, 0) is 61.8 Å². The number of anilines is 1.